The van der Waals surface area contributed by atoms with Crippen molar-refractivity contribution in [2.75, 3.05) is 23.3 Å². The van der Waals surface area contributed by atoms with Crippen LogP contribution in [-0.4, -0.2) is 33.0 Å². The smallest absolute Gasteiger partial charge is 0.231 e. The summed E-state index contributed by atoms with van der Waals surface area (Å²) >= 11 is 7.62. The Morgan fingerprint density at radius 1 is 1.30 bits per heavy atom. The Hall–Kier alpha value is -1.47. The van der Waals surface area contributed by atoms with Gasteiger partial charge in [-0.25, -0.2) is 4.98 Å². The Morgan fingerprint density at radius 2 is 2.10 bits per heavy atom. The highest BCUT2D eigenvalue weighted by molar-refractivity contribution is 7.11. The molecule has 0 saturated carbocycles. The third kappa shape index (κ3) is 3.16. The van der Waals surface area contributed by atoms with E-state index in [9.17, 15) is 0 Å². The summed E-state index contributed by atoms with van der Waals surface area (Å²) in [6, 6.07) is 0. The number of halogens is 1. The average molecular weight is 311 g/mol. The number of nitrogens with zero attached hydrogens (tertiary/aromatic N) is 5. The van der Waals surface area contributed by atoms with Crippen molar-refractivity contribution in [1.82, 2.24) is 19.9 Å². The molecule has 0 spiro atoms. The topological polar surface area (TPSA) is 66.8 Å². The van der Waals surface area contributed by atoms with Crippen LogP contribution in [0.15, 0.2) is 6.20 Å². The molecular formula is C12H15ClN6S. The van der Waals surface area contributed by atoms with E-state index in [0.717, 1.165) is 18.1 Å². The summed E-state index contributed by atoms with van der Waals surface area (Å²) in [7, 11) is 0. The lowest BCUT2D eigenvalue weighted by atomic mass is 10.4. The van der Waals surface area contributed by atoms with Crippen LogP contribution in [0.5, 0.6) is 0 Å². The van der Waals surface area contributed by atoms with Gasteiger partial charge in [-0.3, -0.25) is 0 Å². The molecule has 1 N–H and O–H groups in total. The quantitative estimate of drug-likeness (QED) is 0.936. The van der Waals surface area contributed by atoms with Crippen LogP contribution in [0.4, 0.5) is 11.9 Å². The summed E-state index contributed by atoms with van der Waals surface area (Å²) in [5, 5.41) is 4.38. The zero-order valence-corrected chi connectivity index (χ0v) is 12.7. The summed E-state index contributed by atoms with van der Waals surface area (Å²) in [4.78, 5) is 20.3. The molecular weight excluding hydrogens is 296 g/mol. The van der Waals surface area contributed by atoms with Gasteiger partial charge in [-0.05, 0) is 31.4 Å². The minimum absolute atomic E-state index is 0.222. The summed E-state index contributed by atoms with van der Waals surface area (Å²) in [6.07, 6.45) is 4.20. The zero-order chi connectivity index (χ0) is 13.9. The number of hydrogen-bond acceptors (Lipinski definition) is 7. The molecule has 0 atom stereocenters. The standard InChI is InChI=1S/C12H15ClN6S/c1-8-6-14-9(20-8)7-15-11-16-10(13)17-12(18-11)19-4-2-3-5-19/h6H,2-5,7H2,1H3,(H,15,16,17,18). The average Bonchev–Trinajstić information content (AvgIpc) is 3.07. The van der Waals surface area contributed by atoms with Crippen molar-refractivity contribution in [3.63, 3.8) is 0 Å². The van der Waals surface area contributed by atoms with Crippen LogP contribution in [0.2, 0.25) is 5.28 Å². The molecule has 0 unspecified atom stereocenters. The minimum atomic E-state index is 0.222. The number of aryl methyl sites for hydroxylation is 1. The largest absolute Gasteiger partial charge is 0.348 e. The number of hydrogen-bond donors (Lipinski definition) is 1. The zero-order valence-electron chi connectivity index (χ0n) is 11.1. The normalized spacial score (nSPS) is 14.8. The van der Waals surface area contributed by atoms with Gasteiger partial charge in [0.15, 0.2) is 0 Å². The molecule has 106 valence electrons. The molecule has 0 bridgehead atoms. The molecule has 1 aliphatic heterocycles. The second-order valence-corrected chi connectivity index (χ2v) is 6.30. The van der Waals surface area contributed by atoms with Gasteiger partial charge < -0.3 is 10.2 Å². The van der Waals surface area contributed by atoms with Crippen molar-refractivity contribution in [1.29, 1.82) is 0 Å². The summed E-state index contributed by atoms with van der Waals surface area (Å²) < 4.78 is 0. The lowest BCUT2D eigenvalue weighted by Gasteiger charge is -2.15. The predicted octanol–water partition coefficient (Wildman–Crippen LogP) is 2.50. The lowest BCUT2D eigenvalue weighted by molar-refractivity contribution is 0.875. The third-order valence-electron chi connectivity index (χ3n) is 3.05. The molecule has 0 radical (unpaired) electrons. The maximum atomic E-state index is 5.97. The van der Waals surface area contributed by atoms with Crippen LogP contribution in [0, 0.1) is 6.92 Å². The van der Waals surface area contributed by atoms with E-state index in [1.54, 1.807) is 11.3 Å². The van der Waals surface area contributed by atoms with Gasteiger partial charge in [-0.15, -0.1) is 11.3 Å². The van der Waals surface area contributed by atoms with Gasteiger partial charge in [0, 0.05) is 24.2 Å². The van der Waals surface area contributed by atoms with Crippen LogP contribution < -0.4 is 10.2 Å². The Morgan fingerprint density at radius 3 is 2.80 bits per heavy atom. The summed E-state index contributed by atoms with van der Waals surface area (Å²) in [6.45, 7) is 4.58. The summed E-state index contributed by atoms with van der Waals surface area (Å²) in [5.74, 6) is 1.15. The van der Waals surface area contributed by atoms with Gasteiger partial charge >= 0.3 is 0 Å². The van der Waals surface area contributed by atoms with E-state index in [1.807, 2.05) is 13.1 Å². The van der Waals surface area contributed by atoms with Crippen LogP contribution in [0.3, 0.4) is 0 Å². The molecule has 3 heterocycles. The number of anilines is 2. The Kier molecular flexibility index (Phi) is 3.98. The van der Waals surface area contributed by atoms with Gasteiger partial charge in [0.1, 0.15) is 5.01 Å². The SMILES string of the molecule is Cc1cnc(CNc2nc(Cl)nc(N3CCCC3)n2)s1. The molecule has 0 aromatic carbocycles. The fraction of sp³-hybridized carbons (Fsp3) is 0.500. The monoisotopic (exact) mass is 310 g/mol. The number of nitrogens with one attached hydrogen (secondary N) is 1. The number of aromatic nitrogens is 4. The molecule has 1 aliphatic rings. The van der Waals surface area contributed by atoms with Gasteiger partial charge in [-0.1, -0.05) is 0 Å². The molecule has 0 aliphatic carbocycles. The maximum absolute atomic E-state index is 5.97. The Bertz CT molecular complexity index is 595. The first-order valence-electron chi connectivity index (χ1n) is 6.52. The van der Waals surface area contributed by atoms with Gasteiger partial charge in [-0.2, -0.15) is 15.0 Å². The molecule has 1 saturated heterocycles. The van der Waals surface area contributed by atoms with E-state index in [1.165, 1.54) is 17.7 Å². The molecule has 1 fully saturated rings. The fourth-order valence-corrected chi connectivity index (χ4v) is 3.00. The Balaban J connectivity index is 1.72. The molecule has 0 amide bonds. The second-order valence-electron chi connectivity index (χ2n) is 4.64. The highest BCUT2D eigenvalue weighted by atomic mass is 35.5. The minimum Gasteiger partial charge on any atom is -0.348 e. The fourth-order valence-electron chi connectivity index (χ4n) is 2.12. The van der Waals surface area contributed by atoms with Crippen LogP contribution in [-0.2, 0) is 6.54 Å². The molecule has 2 aromatic rings. The molecule has 2 aromatic heterocycles. The van der Waals surface area contributed by atoms with Crippen molar-refractivity contribution in [2.24, 2.45) is 0 Å². The van der Waals surface area contributed by atoms with Crippen LogP contribution >= 0.6 is 22.9 Å². The van der Waals surface area contributed by atoms with Crippen molar-refractivity contribution < 1.29 is 0 Å². The van der Waals surface area contributed by atoms with E-state index in [-0.39, 0.29) is 5.28 Å². The van der Waals surface area contributed by atoms with E-state index >= 15 is 0 Å². The number of rotatable bonds is 4. The van der Waals surface area contributed by atoms with Crippen LogP contribution in [0.25, 0.3) is 0 Å². The molecule has 6 nitrogen and oxygen atoms in total. The Labute approximate surface area is 126 Å². The van der Waals surface area contributed by atoms with Crippen molar-refractivity contribution >= 4 is 34.8 Å². The summed E-state index contributed by atoms with van der Waals surface area (Å²) in [5.41, 5.74) is 0. The van der Waals surface area contributed by atoms with Crippen molar-refractivity contribution in [2.45, 2.75) is 26.3 Å². The van der Waals surface area contributed by atoms with E-state index < -0.39 is 0 Å². The van der Waals surface area contributed by atoms with Crippen molar-refractivity contribution in [3.05, 3.63) is 21.4 Å². The van der Waals surface area contributed by atoms with E-state index in [2.05, 4.69) is 30.2 Å². The maximum Gasteiger partial charge on any atom is 0.231 e. The van der Waals surface area contributed by atoms with Gasteiger partial charge in [0.2, 0.25) is 17.2 Å². The molecule has 3 rings (SSSR count). The van der Waals surface area contributed by atoms with Gasteiger partial charge in [0.25, 0.3) is 0 Å². The molecule has 8 heteroatoms. The lowest BCUT2D eigenvalue weighted by Crippen LogP contribution is -2.21. The highest BCUT2D eigenvalue weighted by Gasteiger charge is 2.17. The second kappa shape index (κ2) is 5.88. The highest BCUT2D eigenvalue weighted by Crippen LogP contribution is 2.19. The van der Waals surface area contributed by atoms with Crippen molar-refractivity contribution in [3.8, 4) is 0 Å². The van der Waals surface area contributed by atoms with E-state index in [4.69, 9.17) is 11.6 Å². The van der Waals surface area contributed by atoms with Crippen LogP contribution in [0.1, 0.15) is 22.7 Å². The first-order chi connectivity index (χ1) is 9.70. The van der Waals surface area contributed by atoms with E-state index in [0.29, 0.717) is 18.4 Å². The van der Waals surface area contributed by atoms with Gasteiger partial charge in [0.05, 0.1) is 6.54 Å². The first kappa shape index (κ1) is 13.5. The third-order valence-corrected chi connectivity index (χ3v) is 4.13. The number of thiazole rings is 1. The molecule has 20 heavy (non-hydrogen) atoms. The predicted molar refractivity (Wildman–Crippen MR) is 80.5 cm³/mol. The first-order valence-corrected chi connectivity index (χ1v) is 7.72.